The van der Waals surface area contributed by atoms with Crippen LogP contribution in [0.4, 0.5) is 8.78 Å². The molecule has 0 spiro atoms. The van der Waals surface area contributed by atoms with Gasteiger partial charge in [-0.25, -0.2) is 13.8 Å². The zero-order valence-electron chi connectivity index (χ0n) is 10.2. The van der Waals surface area contributed by atoms with Crippen LogP contribution >= 0.6 is 11.8 Å². The van der Waals surface area contributed by atoms with Crippen molar-refractivity contribution in [2.24, 2.45) is 0 Å². The molecule has 0 N–H and O–H groups in total. The SMILES string of the molecule is Cc1ccc(C#N)c(SCc2c(F)cccc2F)n1. The van der Waals surface area contributed by atoms with Crippen molar-refractivity contribution in [3.05, 3.63) is 58.8 Å². The average Bonchev–Trinajstić information content (AvgIpc) is 2.38. The molecule has 2 aromatic rings. The van der Waals surface area contributed by atoms with Crippen molar-refractivity contribution in [1.29, 1.82) is 5.26 Å². The highest BCUT2D eigenvalue weighted by molar-refractivity contribution is 7.98. The highest BCUT2D eigenvalue weighted by Crippen LogP contribution is 2.26. The molecule has 2 rings (SSSR count). The van der Waals surface area contributed by atoms with Crippen LogP contribution in [0, 0.1) is 29.9 Å². The summed E-state index contributed by atoms with van der Waals surface area (Å²) in [5.41, 5.74) is 1.17. The predicted octanol–water partition coefficient (Wildman–Crippen LogP) is 3.83. The van der Waals surface area contributed by atoms with Gasteiger partial charge >= 0.3 is 0 Å². The van der Waals surface area contributed by atoms with E-state index in [9.17, 15) is 8.78 Å². The molecule has 0 aliphatic heterocycles. The number of hydrogen-bond acceptors (Lipinski definition) is 3. The fourth-order valence-corrected chi connectivity index (χ4v) is 2.57. The maximum absolute atomic E-state index is 13.5. The van der Waals surface area contributed by atoms with E-state index >= 15 is 0 Å². The average molecular weight is 276 g/mol. The van der Waals surface area contributed by atoms with Crippen LogP contribution in [-0.4, -0.2) is 4.98 Å². The number of halogens is 2. The Kier molecular flexibility index (Phi) is 4.13. The molecule has 0 saturated heterocycles. The Morgan fingerprint density at radius 3 is 2.53 bits per heavy atom. The van der Waals surface area contributed by atoms with Gasteiger partial charge in [0.2, 0.25) is 0 Å². The molecule has 0 bridgehead atoms. The number of aromatic nitrogens is 1. The highest BCUT2D eigenvalue weighted by Gasteiger charge is 2.11. The van der Waals surface area contributed by atoms with E-state index in [1.165, 1.54) is 18.2 Å². The van der Waals surface area contributed by atoms with E-state index in [0.29, 0.717) is 10.6 Å². The van der Waals surface area contributed by atoms with Crippen molar-refractivity contribution in [3.63, 3.8) is 0 Å². The molecule has 0 atom stereocenters. The molecule has 2 nitrogen and oxygen atoms in total. The molecule has 0 amide bonds. The van der Waals surface area contributed by atoms with E-state index < -0.39 is 11.6 Å². The van der Waals surface area contributed by atoms with E-state index in [-0.39, 0.29) is 11.3 Å². The van der Waals surface area contributed by atoms with E-state index in [0.717, 1.165) is 17.5 Å². The minimum atomic E-state index is -0.585. The van der Waals surface area contributed by atoms with Gasteiger partial charge in [0.1, 0.15) is 22.7 Å². The molecule has 1 aromatic carbocycles. The van der Waals surface area contributed by atoms with Crippen molar-refractivity contribution in [2.75, 3.05) is 0 Å². The lowest BCUT2D eigenvalue weighted by Crippen LogP contribution is -1.95. The third-order valence-corrected chi connectivity index (χ3v) is 3.55. The van der Waals surface area contributed by atoms with Crippen LogP contribution in [0.15, 0.2) is 35.4 Å². The molecule has 19 heavy (non-hydrogen) atoms. The van der Waals surface area contributed by atoms with Crippen LogP contribution in [0.3, 0.4) is 0 Å². The second-order valence-electron chi connectivity index (χ2n) is 3.91. The summed E-state index contributed by atoms with van der Waals surface area (Å²) in [6.45, 7) is 1.80. The van der Waals surface area contributed by atoms with E-state index in [4.69, 9.17) is 5.26 Å². The Balaban J connectivity index is 2.24. The Labute approximate surface area is 114 Å². The molecule has 0 saturated carbocycles. The quantitative estimate of drug-likeness (QED) is 0.799. The molecule has 0 unspecified atom stereocenters. The fourth-order valence-electron chi connectivity index (χ4n) is 1.54. The Hall–Kier alpha value is -1.93. The maximum atomic E-state index is 13.5. The van der Waals surface area contributed by atoms with Gasteiger partial charge in [-0.2, -0.15) is 5.26 Å². The molecule has 96 valence electrons. The lowest BCUT2D eigenvalue weighted by Gasteiger charge is -2.06. The van der Waals surface area contributed by atoms with Crippen LogP contribution in [-0.2, 0) is 5.75 Å². The first-order valence-electron chi connectivity index (χ1n) is 5.55. The molecule has 0 aliphatic carbocycles. The van der Waals surface area contributed by atoms with E-state index in [1.807, 2.05) is 6.07 Å². The maximum Gasteiger partial charge on any atom is 0.130 e. The molecule has 1 aromatic heterocycles. The van der Waals surface area contributed by atoms with Gasteiger partial charge < -0.3 is 0 Å². The fraction of sp³-hybridized carbons (Fsp3) is 0.143. The lowest BCUT2D eigenvalue weighted by atomic mass is 10.2. The minimum absolute atomic E-state index is 0.000282. The van der Waals surface area contributed by atoms with Gasteiger partial charge in [-0.3, -0.25) is 0 Å². The predicted molar refractivity (Wildman–Crippen MR) is 69.6 cm³/mol. The third kappa shape index (κ3) is 3.09. The number of nitrogens with zero attached hydrogens (tertiary/aromatic N) is 2. The number of nitriles is 1. The number of pyridine rings is 1. The zero-order valence-corrected chi connectivity index (χ0v) is 11.0. The van der Waals surface area contributed by atoms with Crippen LogP contribution in [0.2, 0.25) is 0 Å². The molecule has 0 fully saturated rings. The first-order chi connectivity index (χ1) is 9.11. The van der Waals surface area contributed by atoms with Crippen molar-refractivity contribution < 1.29 is 8.78 Å². The van der Waals surface area contributed by atoms with Crippen LogP contribution in [0.1, 0.15) is 16.8 Å². The van der Waals surface area contributed by atoms with Gasteiger partial charge in [0.05, 0.1) is 5.56 Å². The zero-order chi connectivity index (χ0) is 13.8. The normalized spacial score (nSPS) is 10.2. The largest absolute Gasteiger partial charge is 0.245 e. The summed E-state index contributed by atoms with van der Waals surface area (Å²) in [6, 6.07) is 9.16. The molecule has 0 aliphatic rings. The minimum Gasteiger partial charge on any atom is -0.245 e. The van der Waals surface area contributed by atoms with Gasteiger partial charge in [-0.05, 0) is 31.2 Å². The van der Waals surface area contributed by atoms with Gasteiger partial charge in [0.25, 0.3) is 0 Å². The second-order valence-corrected chi connectivity index (χ2v) is 4.87. The summed E-state index contributed by atoms with van der Waals surface area (Å²) >= 11 is 1.15. The van der Waals surface area contributed by atoms with Crippen LogP contribution in [0.25, 0.3) is 0 Å². The van der Waals surface area contributed by atoms with Gasteiger partial charge in [0, 0.05) is 17.0 Å². The van der Waals surface area contributed by atoms with Gasteiger partial charge in [0.15, 0.2) is 0 Å². The molecule has 5 heteroatoms. The van der Waals surface area contributed by atoms with E-state index in [2.05, 4.69) is 4.98 Å². The first kappa shape index (κ1) is 13.5. The second kappa shape index (κ2) is 5.81. The number of rotatable bonds is 3. The van der Waals surface area contributed by atoms with Gasteiger partial charge in [-0.1, -0.05) is 6.07 Å². The topological polar surface area (TPSA) is 36.7 Å². The molecule has 0 radical (unpaired) electrons. The number of benzene rings is 1. The number of thioether (sulfide) groups is 1. The molecular weight excluding hydrogens is 266 g/mol. The smallest absolute Gasteiger partial charge is 0.130 e. The molecular formula is C14H10F2N2S. The Morgan fingerprint density at radius 2 is 1.89 bits per heavy atom. The highest BCUT2D eigenvalue weighted by atomic mass is 32.2. The summed E-state index contributed by atoms with van der Waals surface area (Å²) in [4.78, 5) is 4.21. The lowest BCUT2D eigenvalue weighted by molar-refractivity contribution is 0.566. The first-order valence-corrected chi connectivity index (χ1v) is 6.54. The Morgan fingerprint density at radius 1 is 1.21 bits per heavy atom. The summed E-state index contributed by atoms with van der Waals surface area (Å²) in [5.74, 6) is -1.07. The third-order valence-electron chi connectivity index (χ3n) is 2.53. The van der Waals surface area contributed by atoms with Crippen LogP contribution in [0.5, 0.6) is 0 Å². The summed E-state index contributed by atoms with van der Waals surface area (Å²) < 4.78 is 27.0. The summed E-state index contributed by atoms with van der Waals surface area (Å²) in [6.07, 6.45) is 0. The van der Waals surface area contributed by atoms with E-state index in [1.54, 1.807) is 19.1 Å². The van der Waals surface area contributed by atoms with Crippen molar-refractivity contribution in [1.82, 2.24) is 4.98 Å². The number of hydrogen-bond donors (Lipinski definition) is 0. The van der Waals surface area contributed by atoms with Crippen molar-refractivity contribution >= 4 is 11.8 Å². The monoisotopic (exact) mass is 276 g/mol. The Bertz CT molecular complexity index is 630. The number of aryl methyl sites for hydroxylation is 1. The summed E-state index contributed by atoms with van der Waals surface area (Å²) in [7, 11) is 0. The molecule has 1 heterocycles. The van der Waals surface area contributed by atoms with Crippen molar-refractivity contribution in [3.8, 4) is 6.07 Å². The van der Waals surface area contributed by atoms with Gasteiger partial charge in [-0.15, -0.1) is 11.8 Å². The summed E-state index contributed by atoms with van der Waals surface area (Å²) in [5, 5.41) is 9.46. The van der Waals surface area contributed by atoms with Crippen LogP contribution < -0.4 is 0 Å². The van der Waals surface area contributed by atoms with Crippen molar-refractivity contribution in [2.45, 2.75) is 17.7 Å². The standard InChI is InChI=1S/C14H10F2N2S/c1-9-5-6-10(7-17)14(18-9)19-8-11-12(15)3-2-4-13(11)16/h2-6H,8H2,1H3.